The van der Waals surface area contributed by atoms with Crippen molar-refractivity contribution >= 4 is 38.6 Å². The van der Waals surface area contributed by atoms with Gasteiger partial charge in [-0.2, -0.15) is 0 Å². The molecule has 0 unspecified atom stereocenters. The first-order valence-corrected chi connectivity index (χ1v) is 10.0. The molecule has 1 heterocycles. The van der Waals surface area contributed by atoms with Crippen LogP contribution in [0.4, 0.5) is 5.69 Å². The van der Waals surface area contributed by atoms with Crippen LogP contribution >= 0.6 is 15.9 Å². The van der Waals surface area contributed by atoms with Crippen LogP contribution in [0.3, 0.4) is 0 Å². The monoisotopic (exact) mass is 433 g/mol. The normalized spacial score (nSPS) is 10.9. The van der Waals surface area contributed by atoms with Crippen molar-refractivity contribution < 1.29 is 4.79 Å². The first-order chi connectivity index (χ1) is 13.6. The van der Waals surface area contributed by atoms with Crippen LogP contribution in [-0.4, -0.2) is 15.5 Å². The minimum Gasteiger partial charge on any atom is -0.325 e. The first kappa shape index (κ1) is 18.4. The third-order valence-corrected chi connectivity index (χ3v) is 5.23. The van der Waals surface area contributed by atoms with Gasteiger partial charge in [0.15, 0.2) is 0 Å². The fourth-order valence-electron chi connectivity index (χ4n) is 3.22. The third-order valence-electron chi connectivity index (χ3n) is 4.70. The lowest BCUT2D eigenvalue weighted by Crippen LogP contribution is -2.19. The van der Waals surface area contributed by atoms with Crippen molar-refractivity contribution in [2.75, 3.05) is 5.32 Å². The van der Waals surface area contributed by atoms with Crippen LogP contribution in [0, 0.1) is 0 Å². The van der Waals surface area contributed by atoms with Crippen LogP contribution in [0.15, 0.2) is 77.3 Å². The second kappa shape index (κ2) is 7.98. The Labute approximate surface area is 172 Å². The highest BCUT2D eigenvalue weighted by Gasteiger charge is 2.15. The van der Waals surface area contributed by atoms with Gasteiger partial charge in [0.25, 0.3) is 0 Å². The second-order valence-electron chi connectivity index (χ2n) is 6.62. The van der Waals surface area contributed by atoms with E-state index in [2.05, 4.69) is 28.2 Å². The lowest BCUT2D eigenvalue weighted by atomic mass is 10.1. The SMILES string of the molecule is CCc1ccc(NC(=O)Cn2c(-c3ccc(Br)cc3)nc3ccccc32)cc1. The molecule has 0 saturated carbocycles. The Morgan fingerprint density at radius 3 is 2.43 bits per heavy atom. The van der Waals surface area contributed by atoms with Gasteiger partial charge in [0, 0.05) is 15.7 Å². The lowest BCUT2D eigenvalue weighted by Gasteiger charge is -2.11. The molecular weight excluding hydrogens is 414 g/mol. The molecule has 28 heavy (non-hydrogen) atoms. The molecule has 0 aliphatic heterocycles. The van der Waals surface area contributed by atoms with Gasteiger partial charge in [0.1, 0.15) is 12.4 Å². The number of fused-ring (bicyclic) bond motifs is 1. The van der Waals surface area contributed by atoms with Crippen LogP contribution in [0.2, 0.25) is 0 Å². The maximum absolute atomic E-state index is 12.7. The number of hydrogen-bond acceptors (Lipinski definition) is 2. The van der Waals surface area contributed by atoms with Gasteiger partial charge in [-0.15, -0.1) is 0 Å². The van der Waals surface area contributed by atoms with Crippen LogP contribution < -0.4 is 5.32 Å². The molecule has 0 saturated heterocycles. The largest absolute Gasteiger partial charge is 0.325 e. The summed E-state index contributed by atoms with van der Waals surface area (Å²) in [6.45, 7) is 2.31. The summed E-state index contributed by atoms with van der Waals surface area (Å²) < 4.78 is 2.97. The van der Waals surface area contributed by atoms with Gasteiger partial charge in [-0.1, -0.05) is 59.3 Å². The Hall–Kier alpha value is -2.92. The van der Waals surface area contributed by atoms with E-state index in [1.54, 1.807) is 0 Å². The van der Waals surface area contributed by atoms with E-state index >= 15 is 0 Å². The zero-order valence-electron chi connectivity index (χ0n) is 15.5. The number of hydrogen-bond donors (Lipinski definition) is 1. The summed E-state index contributed by atoms with van der Waals surface area (Å²) in [5, 5.41) is 2.99. The topological polar surface area (TPSA) is 46.9 Å². The number of anilines is 1. The van der Waals surface area contributed by atoms with E-state index in [0.717, 1.165) is 39.0 Å². The number of aryl methyl sites for hydroxylation is 1. The third kappa shape index (κ3) is 3.85. The van der Waals surface area contributed by atoms with Gasteiger partial charge in [0.05, 0.1) is 11.0 Å². The highest BCUT2D eigenvalue weighted by atomic mass is 79.9. The quantitative estimate of drug-likeness (QED) is 0.440. The van der Waals surface area contributed by atoms with Crippen LogP contribution in [-0.2, 0) is 17.8 Å². The van der Waals surface area contributed by atoms with Crippen LogP contribution in [0.5, 0.6) is 0 Å². The maximum Gasteiger partial charge on any atom is 0.244 e. The fourth-order valence-corrected chi connectivity index (χ4v) is 3.49. The summed E-state index contributed by atoms with van der Waals surface area (Å²) in [5.74, 6) is 0.705. The zero-order valence-corrected chi connectivity index (χ0v) is 17.1. The van der Waals surface area contributed by atoms with Gasteiger partial charge < -0.3 is 9.88 Å². The Balaban J connectivity index is 1.65. The van der Waals surface area contributed by atoms with E-state index in [0.29, 0.717) is 0 Å². The molecule has 0 atom stereocenters. The Bertz CT molecular complexity index is 1120. The molecule has 1 aromatic heterocycles. The molecule has 1 N–H and O–H groups in total. The van der Waals surface area contributed by atoms with Crippen molar-refractivity contribution in [3.8, 4) is 11.4 Å². The molecule has 5 heteroatoms. The Morgan fingerprint density at radius 1 is 1.00 bits per heavy atom. The van der Waals surface area contributed by atoms with E-state index in [1.807, 2.05) is 77.4 Å². The highest BCUT2D eigenvalue weighted by molar-refractivity contribution is 9.10. The molecular formula is C23H20BrN3O. The number of imidazole rings is 1. The van der Waals surface area contributed by atoms with Crippen LogP contribution in [0.25, 0.3) is 22.4 Å². The highest BCUT2D eigenvalue weighted by Crippen LogP contribution is 2.26. The number of rotatable bonds is 5. The summed E-state index contributed by atoms with van der Waals surface area (Å²) in [6.07, 6.45) is 0.978. The molecule has 0 aliphatic rings. The number of halogens is 1. The van der Waals surface area contributed by atoms with E-state index < -0.39 is 0 Å². The summed E-state index contributed by atoms with van der Waals surface area (Å²) in [4.78, 5) is 17.5. The summed E-state index contributed by atoms with van der Waals surface area (Å²) >= 11 is 3.47. The van der Waals surface area contributed by atoms with Crippen molar-refractivity contribution in [1.29, 1.82) is 0 Å². The number of carbonyl (C=O) groups excluding carboxylic acids is 1. The molecule has 4 rings (SSSR count). The van der Waals surface area contributed by atoms with Gasteiger partial charge in [-0.05, 0) is 48.4 Å². The van der Waals surface area contributed by atoms with Gasteiger partial charge in [-0.25, -0.2) is 4.98 Å². The number of para-hydroxylation sites is 2. The van der Waals surface area contributed by atoms with E-state index in [1.165, 1.54) is 5.56 Å². The lowest BCUT2D eigenvalue weighted by molar-refractivity contribution is -0.116. The molecule has 140 valence electrons. The van der Waals surface area contributed by atoms with Crippen LogP contribution in [0.1, 0.15) is 12.5 Å². The van der Waals surface area contributed by atoms with Crippen molar-refractivity contribution in [3.05, 3.63) is 82.8 Å². The fraction of sp³-hybridized carbons (Fsp3) is 0.130. The summed E-state index contributed by atoms with van der Waals surface area (Å²) in [6, 6.07) is 23.8. The predicted molar refractivity (Wildman–Crippen MR) is 117 cm³/mol. The number of nitrogens with zero attached hydrogens (tertiary/aromatic N) is 2. The van der Waals surface area contributed by atoms with Crippen molar-refractivity contribution in [1.82, 2.24) is 9.55 Å². The molecule has 0 radical (unpaired) electrons. The average Bonchev–Trinajstić information content (AvgIpc) is 3.07. The van der Waals surface area contributed by atoms with Crippen molar-refractivity contribution in [2.24, 2.45) is 0 Å². The van der Waals surface area contributed by atoms with Crippen molar-refractivity contribution in [3.63, 3.8) is 0 Å². The summed E-state index contributed by atoms with van der Waals surface area (Å²) in [5.41, 5.74) is 4.84. The Morgan fingerprint density at radius 2 is 1.71 bits per heavy atom. The molecule has 0 aliphatic carbocycles. The molecule has 0 fully saturated rings. The van der Waals surface area contributed by atoms with E-state index in [-0.39, 0.29) is 12.5 Å². The van der Waals surface area contributed by atoms with Gasteiger partial charge >= 0.3 is 0 Å². The minimum absolute atomic E-state index is 0.0780. The Kier molecular flexibility index (Phi) is 5.26. The second-order valence-corrected chi connectivity index (χ2v) is 7.53. The standard InChI is InChI=1S/C23H20BrN3O/c1-2-16-7-13-19(14-8-16)25-22(28)15-27-21-6-4-3-5-20(21)26-23(27)17-9-11-18(24)12-10-17/h3-14H,2,15H2,1H3,(H,25,28). The minimum atomic E-state index is -0.0780. The summed E-state index contributed by atoms with van der Waals surface area (Å²) in [7, 11) is 0. The molecule has 4 nitrogen and oxygen atoms in total. The average molecular weight is 434 g/mol. The molecule has 3 aromatic carbocycles. The van der Waals surface area contributed by atoms with Crippen molar-refractivity contribution in [2.45, 2.75) is 19.9 Å². The van der Waals surface area contributed by atoms with Gasteiger partial charge in [0.2, 0.25) is 5.91 Å². The molecule has 1 amide bonds. The number of amides is 1. The number of benzene rings is 3. The maximum atomic E-state index is 12.7. The number of carbonyl (C=O) groups is 1. The first-order valence-electron chi connectivity index (χ1n) is 9.24. The number of nitrogens with one attached hydrogen (secondary N) is 1. The predicted octanol–water partition coefficient (Wildman–Crippen LogP) is 5.67. The molecule has 0 spiro atoms. The van der Waals surface area contributed by atoms with E-state index in [9.17, 15) is 4.79 Å². The smallest absolute Gasteiger partial charge is 0.244 e. The van der Waals surface area contributed by atoms with E-state index in [4.69, 9.17) is 4.98 Å². The molecule has 0 bridgehead atoms. The zero-order chi connectivity index (χ0) is 19.5. The number of aromatic nitrogens is 2. The molecule has 4 aromatic rings. The van der Waals surface area contributed by atoms with Gasteiger partial charge in [-0.3, -0.25) is 4.79 Å².